The highest BCUT2D eigenvalue weighted by Gasteiger charge is 2.22. The predicted octanol–water partition coefficient (Wildman–Crippen LogP) is 3.88. The van der Waals surface area contributed by atoms with Crippen molar-refractivity contribution in [3.8, 4) is 5.75 Å². The average molecular weight is 349 g/mol. The molecule has 25 heavy (non-hydrogen) atoms. The molecule has 0 radical (unpaired) electrons. The van der Waals surface area contributed by atoms with Gasteiger partial charge in [0.05, 0.1) is 25.7 Å². The number of hydrogen-bond donors (Lipinski definition) is 1. The van der Waals surface area contributed by atoms with E-state index in [1.54, 1.807) is 0 Å². The summed E-state index contributed by atoms with van der Waals surface area (Å²) in [5.74, 6) is 0.150. The van der Waals surface area contributed by atoms with Crippen molar-refractivity contribution in [3.05, 3.63) is 29.8 Å². The first-order valence-corrected chi connectivity index (χ1v) is 9.47. The molecule has 0 saturated carbocycles. The minimum Gasteiger partial charge on any atom is -0.494 e. The molecule has 1 atom stereocenters. The standard InChI is InChI=1S/C20H31NO4/c1-2-3-4-5-6-14-24-18-9-7-17(8-10-18)19-16-21(13-15-25-19)12-11-20(22)23/h7-10,19H,2-6,11-16H2,1H3,(H,22,23). The third-order valence-corrected chi connectivity index (χ3v) is 4.56. The molecular formula is C20H31NO4. The summed E-state index contributed by atoms with van der Waals surface area (Å²) in [4.78, 5) is 12.9. The van der Waals surface area contributed by atoms with Crippen molar-refractivity contribution < 1.29 is 19.4 Å². The number of hydrogen-bond acceptors (Lipinski definition) is 4. The Labute approximate surface area is 150 Å². The molecular weight excluding hydrogens is 318 g/mol. The molecule has 5 nitrogen and oxygen atoms in total. The van der Waals surface area contributed by atoms with Gasteiger partial charge in [-0.3, -0.25) is 9.69 Å². The van der Waals surface area contributed by atoms with Crippen molar-refractivity contribution in [1.82, 2.24) is 4.90 Å². The number of ether oxygens (including phenoxy) is 2. The Kier molecular flexibility index (Phi) is 8.77. The van der Waals surface area contributed by atoms with Crippen LogP contribution in [0.5, 0.6) is 5.75 Å². The summed E-state index contributed by atoms with van der Waals surface area (Å²) >= 11 is 0. The Morgan fingerprint density at radius 3 is 2.72 bits per heavy atom. The lowest BCUT2D eigenvalue weighted by Gasteiger charge is -2.32. The second-order valence-corrected chi connectivity index (χ2v) is 6.64. The largest absolute Gasteiger partial charge is 0.494 e. The molecule has 5 heteroatoms. The SMILES string of the molecule is CCCCCCCOc1ccc(C2CN(CCC(=O)O)CCO2)cc1. The second kappa shape index (κ2) is 11.1. The third-order valence-electron chi connectivity index (χ3n) is 4.56. The fraction of sp³-hybridized carbons (Fsp3) is 0.650. The molecule has 1 aliphatic rings. The number of nitrogens with zero attached hydrogens (tertiary/aromatic N) is 1. The van der Waals surface area contributed by atoms with Gasteiger partial charge in [0.15, 0.2) is 0 Å². The molecule has 1 unspecified atom stereocenters. The van der Waals surface area contributed by atoms with Crippen LogP contribution in [-0.4, -0.2) is 48.8 Å². The molecule has 0 amide bonds. The van der Waals surface area contributed by atoms with Crippen molar-refractivity contribution in [2.45, 2.75) is 51.6 Å². The van der Waals surface area contributed by atoms with E-state index in [0.717, 1.165) is 37.4 Å². The summed E-state index contributed by atoms with van der Waals surface area (Å²) in [5.41, 5.74) is 1.12. The van der Waals surface area contributed by atoms with Gasteiger partial charge in [0.2, 0.25) is 0 Å². The van der Waals surface area contributed by atoms with E-state index < -0.39 is 5.97 Å². The van der Waals surface area contributed by atoms with E-state index in [1.165, 1.54) is 25.7 Å². The van der Waals surface area contributed by atoms with Gasteiger partial charge in [-0.25, -0.2) is 0 Å². The molecule has 0 aromatic heterocycles. The zero-order chi connectivity index (χ0) is 17.9. The molecule has 1 aromatic rings. The van der Waals surface area contributed by atoms with Crippen LogP contribution in [0, 0.1) is 0 Å². The van der Waals surface area contributed by atoms with Crippen molar-refractivity contribution >= 4 is 5.97 Å². The molecule has 1 heterocycles. The van der Waals surface area contributed by atoms with Crippen LogP contribution in [0.15, 0.2) is 24.3 Å². The van der Waals surface area contributed by atoms with Crippen LogP contribution in [0.2, 0.25) is 0 Å². The first-order chi connectivity index (χ1) is 12.2. The van der Waals surface area contributed by atoms with E-state index in [4.69, 9.17) is 14.6 Å². The van der Waals surface area contributed by atoms with E-state index in [0.29, 0.717) is 13.2 Å². The monoisotopic (exact) mass is 349 g/mol. The van der Waals surface area contributed by atoms with Crippen LogP contribution >= 0.6 is 0 Å². The van der Waals surface area contributed by atoms with Gasteiger partial charge in [-0.15, -0.1) is 0 Å². The van der Waals surface area contributed by atoms with Gasteiger partial charge in [0.25, 0.3) is 0 Å². The van der Waals surface area contributed by atoms with Crippen LogP contribution in [0.3, 0.4) is 0 Å². The summed E-state index contributed by atoms with van der Waals surface area (Å²) in [6, 6.07) is 8.11. The Balaban J connectivity index is 1.74. The first kappa shape index (κ1) is 19.7. The van der Waals surface area contributed by atoms with Gasteiger partial charge in [-0.2, -0.15) is 0 Å². The smallest absolute Gasteiger partial charge is 0.304 e. The van der Waals surface area contributed by atoms with Crippen molar-refractivity contribution in [1.29, 1.82) is 0 Å². The minimum atomic E-state index is -0.751. The summed E-state index contributed by atoms with van der Waals surface area (Å²) < 4.78 is 11.6. The molecule has 1 aliphatic heterocycles. The van der Waals surface area contributed by atoms with Crippen molar-refractivity contribution in [2.75, 3.05) is 32.8 Å². The summed E-state index contributed by atoms with van der Waals surface area (Å²) in [5, 5.41) is 8.82. The van der Waals surface area contributed by atoms with Crippen LogP contribution in [0.1, 0.15) is 57.1 Å². The number of morpholine rings is 1. The molecule has 1 aromatic carbocycles. The van der Waals surface area contributed by atoms with Gasteiger partial charge in [-0.05, 0) is 24.1 Å². The Hall–Kier alpha value is -1.59. The van der Waals surface area contributed by atoms with E-state index in [9.17, 15) is 4.79 Å². The molecule has 1 saturated heterocycles. The summed E-state index contributed by atoms with van der Waals surface area (Å²) in [6.07, 6.45) is 6.37. The number of benzene rings is 1. The van der Waals surface area contributed by atoms with Gasteiger partial charge in [0, 0.05) is 19.6 Å². The van der Waals surface area contributed by atoms with Crippen molar-refractivity contribution in [2.24, 2.45) is 0 Å². The lowest BCUT2D eigenvalue weighted by molar-refractivity contribution is -0.137. The minimum absolute atomic E-state index is 0.00522. The number of carboxylic acid groups (broad SMARTS) is 1. The third kappa shape index (κ3) is 7.45. The highest BCUT2D eigenvalue weighted by Crippen LogP contribution is 2.24. The molecule has 0 aliphatic carbocycles. The van der Waals surface area contributed by atoms with Crippen LogP contribution in [-0.2, 0) is 9.53 Å². The maximum absolute atomic E-state index is 10.7. The lowest BCUT2D eigenvalue weighted by atomic mass is 10.1. The topological polar surface area (TPSA) is 59.0 Å². The molecule has 2 rings (SSSR count). The molecule has 0 spiro atoms. The lowest BCUT2D eigenvalue weighted by Crippen LogP contribution is -2.39. The number of rotatable bonds is 11. The number of unbranched alkanes of at least 4 members (excludes halogenated alkanes) is 4. The second-order valence-electron chi connectivity index (χ2n) is 6.64. The van der Waals surface area contributed by atoms with Crippen molar-refractivity contribution in [3.63, 3.8) is 0 Å². The predicted molar refractivity (Wildman–Crippen MR) is 98.1 cm³/mol. The van der Waals surface area contributed by atoms with E-state index in [1.807, 2.05) is 12.1 Å². The van der Waals surface area contributed by atoms with Crippen LogP contribution in [0.4, 0.5) is 0 Å². The van der Waals surface area contributed by atoms with E-state index in [2.05, 4.69) is 24.0 Å². The quantitative estimate of drug-likeness (QED) is 0.614. The fourth-order valence-corrected chi connectivity index (χ4v) is 3.04. The van der Waals surface area contributed by atoms with Gasteiger partial charge >= 0.3 is 5.97 Å². The zero-order valence-electron chi connectivity index (χ0n) is 15.3. The molecule has 1 fully saturated rings. The number of aliphatic carboxylic acids is 1. The zero-order valence-corrected chi connectivity index (χ0v) is 15.3. The van der Waals surface area contributed by atoms with Gasteiger partial charge < -0.3 is 14.6 Å². The molecule has 140 valence electrons. The fourth-order valence-electron chi connectivity index (χ4n) is 3.04. The molecule has 1 N–H and O–H groups in total. The Morgan fingerprint density at radius 1 is 1.24 bits per heavy atom. The van der Waals surface area contributed by atoms with Crippen LogP contribution in [0.25, 0.3) is 0 Å². The maximum atomic E-state index is 10.7. The molecule has 0 bridgehead atoms. The van der Waals surface area contributed by atoms with E-state index in [-0.39, 0.29) is 12.5 Å². The normalized spacial score (nSPS) is 18.2. The van der Waals surface area contributed by atoms with Gasteiger partial charge in [-0.1, -0.05) is 44.7 Å². The van der Waals surface area contributed by atoms with Crippen LogP contribution < -0.4 is 4.74 Å². The van der Waals surface area contributed by atoms with E-state index >= 15 is 0 Å². The van der Waals surface area contributed by atoms with Gasteiger partial charge in [0.1, 0.15) is 5.75 Å². The highest BCUT2D eigenvalue weighted by atomic mass is 16.5. The summed E-state index contributed by atoms with van der Waals surface area (Å²) in [6.45, 7) is 5.74. The number of carbonyl (C=O) groups is 1. The highest BCUT2D eigenvalue weighted by molar-refractivity contribution is 5.66. The number of carboxylic acids is 1. The Morgan fingerprint density at radius 2 is 2.00 bits per heavy atom. The maximum Gasteiger partial charge on any atom is 0.304 e. The first-order valence-electron chi connectivity index (χ1n) is 9.47. The summed E-state index contributed by atoms with van der Waals surface area (Å²) in [7, 11) is 0. The Bertz CT molecular complexity index is 503. The average Bonchev–Trinajstić information content (AvgIpc) is 2.64.